The number of alkyl halides is 3. The Morgan fingerprint density at radius 2 is 1.77 bits per heavy atom. The van der Waals surface area contributed by atoms with Crippen LogP contribution in [0.1, 0.15) is 17.5 Å². The van der Waals surface area contributed by atoms with Gasteiger partial charge in [0.15, 0.2) is 0 Å². The fourth-order valence-electron chi connectivity index (χ4n) is 1.89. The van der Waals surface area contributed by atoms with Crippen LogP contribution in [0.25, 0.3) is 0 Å². The highest BCUT2D eigenvalue weighted by atomic mass is 35.5. The monoisotopic (exact) mass is 383 g/mol. The van der Waals surface area contributed by atoms with E-state index in [4.69, 9.17) is 11.6 Å². The Morgan fingerprint density at radius 1 is 1.08 bits per heavy atom. The summed E-state index contributed by atoms with van der Waals surface area (Å²) in [5, 5.41) is 6.47. The highest BCUT2D eigenvalue weighted by Gasteiger charge is 2.30. The Hall–Kier alpha value is -2.87. The standard InChI is InChI=1S/C17H13ClF3N3O2/c18-13-6-4-11(5-7-13)10-22-24-16(26)9-15(25)23-14-3-1-2-12(8-14)17(19,20)21/h1-8,10H,9H2,(H,23,25)(H,24,26)/b22-10-. The van der Waals surface area contributed by atoms with E-state index in [-0.39, 0.29) is 5.69 Å². The third kappa shape index (κ3) is 6.21. The number of carbonyl (C=O) groups is 2. The average Bonchev–Trinajstić information content (AvgIpc) is 2.56. The molecule has 5 nitrogen and oxygen atoms in total. The molecule has 2 N–H and O–H groups in total. The SMILES string of the molecule is O=C(CC(=O)Nc1cccc(C(F)(F)F)c1)N/N=C\c1ccc(Cl)cc1. The number of hydrazone groups is 1. The molecule has 0 aromatic heterocycles. The van der Waals surface area contributed by atoms with Crippen LogP contribution in [0.15, 0.2) is 53.6 Å². The van der Waals surface area contributed by atoms with Crippen molar-refractivity contribution in [1.29, 1.82) is 0 Å². The van der Waals surface area contributed by atoms with E-state index in [0.29, 0.717) is 10.6 Å². The van der Waals surface area contributed by atoms with E-state index in [1.54, 1.807) is 24.3 Å². The lowest BCUT2D eigenvalue weighted by atomic mass is 10.2. The molecule has 0 aliphatic heterocycles. The molecule has 0 fully saturated rings. The summed E-state index contributed by atoms with van der Waals surface area (Å²) in [5.74, 6) is -1.47. The van der Waals surface area contributed by atoms with Gasteiger partial charge in [-0.15, -0.1) is 0 Å². The summed E-state index contributed by atoms with van der Waals surface area (Å²) in [7, 11) is 0. The van der Waals surface area contributed by atoms with Gasteiger partial charge in [-0.25, -0.2) is 5.43 Å². The molecular weight excluding hydrogens is 371 g/mol. The van der Waals surface area contributed by atoms with E-state index < -0.39 is 30.0 Å². The van der Waals surface area contributed by atoms with Gasteiger partial charge in [-0.3, -0.25) is 9.59 Å². The lowest BCUT2D eigenvalue weighted by molar-refractivity contribution is -0.137. The smallest absolute Gasteiger partial charge is 0.326 e. The molecule has 0 saturated heterocycles. The van der Waals surface area contributed by atoms with E-state index in [0.717, 1.165) is 18.2 Å². The van der Waals surface area contributed by atoms with Gasteiger partial charge in [0.1, 0.15) is 6.42 Å². The summed E-state index contributed by atoms with van der Waals surface area (Å²) in [6.07, 6.45) is -3.75. The molecule has 0 heterocycles. The minimum absolute atomic E-state index is 0.0534. The Kier molecular flexibility index (Phi) is 6.35. The van der Waals surface area contributed by atoms with Crippen molar-refractivity contribution in [3.63, 3.8) is 0 Å². The predicted molar refractivity (Wildman–Crippen MR) is 91.9 cm³/mol. The molecule has 136 valence electrons. The summed E-state index contributed by atoms with van der Waals surface area (Å²) in [4.78, 5) is 23.4. The first kappa shape index (κ1) is 19.5. The maximum atomic E-state index is 12.6. The molecule has 26 heavy (non-hydrogen) atoms. The molecular formula is C17H13ClF3N3O2. The van der Waals surface area contributed by atoms with Gasteiger partial charge in [0.2, 0.25) is 11.8 Å². The van der Waals surface area contributed by atoms with Crippen molar-refractivity contribution in [3.8, 4) is 0 Å². The normalized spacial score (nSPS) is 11.4. The number of amides is 2. The second kappa shape index (κ2) is 8.48. The second-order valence-electron chi connectivity index (χ2n) is 5.15. The van der Waals surface area contributed by atoms with Crippen LogP contribution >= 0.6 is 11.6 Å². The molecule has 0 radical (unpaired) electrons. The number of carbonyl (C=O) groups excluding carboxylic acids is 2. The van der Waals surface area contributed by atoms with Crippen molar-refractivity contribution in [2.24, 2.45) is 5.10 Å². The fraction of sp³-hybridized carbons (Fsp3) is 0.118. The van der Waals surface area contributed by atoms with Crippen LogP contribution in [-0.4, -0.2) is 18.0 Å². The zero-order chi connectivity index (χ0) is 19.2. The largest absolute Gasteiger partial charge is 0.416 e. The first-order chi connectivity index (χ1) is 12.2. The zero-order valence-corrected chi connectivity index (χ0v) is 13.9. The Bertz CT molecular complexity index is 821. The van der Waals surface area contributed by atoms with Crippen molar-refractivity contribution in [3.05, 3.63) is 64.7 Å². The molecule has 0 unspecified atom stereocenters. The van der Waals surface area contributed by atoms with Crippen molar-refractivity contribution in [1.82, 2.24) is 5.43 Å². The van der Waals surface area contributed by atoms with E-state index >= 15 is 0 Å². The fourth-order valence-corrected chi connectivity index (χ4v) is 2.02. The lowest BCUT2D eigenvalue weighted by Gasteiger charge is -2.09. The van der Waals surface area contributed by atoms with E-state index in [1.807, 2.05) is 0 Å². The number of anilines is 1. The molecule has 0 atom stereocenters. The van der Waals surface area contributed by atoms with Gasteiger partial charge in [0.25, 0.3) is 0 Å². The van der Waals surface area contributed by atoms with Crippen molar-refractivity contribution < 1.29 is 22.8 Å². The minimum atomic E-state index is -4.52. The summed E-state index contributed by atoms with van der Waals surface area (Å²) in [5.41, 5.74) is 1.89. The molecule has 2 aromatic rings. The Labute approximate surface area is 151 Å². The van der Waals surface area contributed by atoms with Crippen molar-refractivity contribution >= 4 is 35.3 Å². The quantitative estimate of drug-likeness (QED) is 0.468. The van der Waals surface area contributed by atoms with Gasteiger partial charge in [0.05, 0.1) is 11.8 Å². The van der Waals surface area contributed by atoms with Crippen LogP contribution in [0.2, 0.25) is 5.02 Å². The van der Waals surface area contributed by atoms with Crippen LogP contribution in [-0.2, 0) is 15.8 Å². The number of rotatable bonds is 5. The van der Waals surface area contributed by atoms with Crippen LogP contribution in [0.5, 0.6) is 0 Å². The van der Waals surface area contributed by atoms with Crippen LogP contribution in [0.3, 0.4) is 0 Å². The molecule has 0 saturated carbocycles. The van der Waals surface area contributed by atoms with Crippen LogP contribution < -0.4 is 10.7 Å². The molecule has 2 aromatic carbocycles. The number of nitrogens with zero attached hydrogens (tertiary/aromatic N) is 1. The van der Waals surface area contributed by atoms with Gasteiger partial charge in [-0.2, -0.15) is 18.3 Å². The first-order valence-corrected chi connectivity index (χ1v) is 7.66. The molecule has 9 heteroatoms. The first-order valence-electron chi connectivity index (χ1n) is 7.28. The number of hydrogen-bond donors (Lipinski definition) is 2. The van der Waals surface area contributed by atoms with Gasteiger partial charge >= 0.3 is 6.18 Å². The maximum Gasteiger partial charge on any atom is 0.416 e. The molecule has 0 aliphatic rings. The number of nitrogens with one attached hydrogen (secondary N) is 2. The highest BCUT2D eigenvalue weighted by Crippen LogP contribution is 2.30. The van der Waals surface area contributed by atoms with Crippen LogP contribution in [0.4, 0.5) is 18.9 Å². The molecule has 0 aliphatic carbocycles. The van der Waals surface area contributed by atoms with Gasteiger partial charge in [0, 0.05) is 10.7 Å². The maximum absolute atomic E-state index is 12.6. The zero-order valence-electron chi connectivity index (χ0n) is 13.2. The minimum Gasteiger partial charge on any atom is -0.326 e. The average molecular weight is 384 g/mol. The van der Waals surface area contributed by atoms with Crippen molar-refractivity contribution in [2.75, 3.05) is 5.32 Å². The van der Waals surface area contributed by atoms with E-state index in [1.165, 1.54) is 12.3 Å². The summed E-state index contributed by atoms with van der Waals surface area (Å²) in [6.45, 7) is 0. The third-order valence-electron chi connectivity index (χ3n) is 3.07. The molecule has 2 amide bonds. The summed E-state index contributed by atoms with van der Waals surface area (Å²) in [6, 6.07) is 10.8. The number of hydrogen-bond acceptors (Lipinski definition) is 3. The van der Waals surface area contributed by atoms with Gasteiger partial charge in [-0.1, -0.05) is 29.8 Å². The summed E-state index contributed by atoms with van der Waals surface area (Å²) < 4.78 is 37.9. The topological polar surface area (TPSA) is 70.6 Å². The van der Waals surface area contributed by atoms with Crippen molar-refractivity contribution in [2.45, 2.75) is 12.6 Å². The van der Waals surface area contributed by atoms with Gasteiger partial charge in [-0.05, 0) is 35.9 Å². The molecule has 2 rings (SSSR count). The third-order valence-corrected chi connectivity index (χ3v) is 3.32. The van der Waals surface area contributed by atoms with Crippen LogP contribution in [0, 0.1) is 0 Å². The summed E-state index contributed by atoms with van der Waals surface area (Å²) >= 11 is 5.73. The predicted octanol–water partition coefficient (Wildman–Crippen LogP) is 3.84. The van der Waals surface area contributed by atoms with E-state index in [2.05, 4.69) is 15.8 Å². The molecule has 0 bridgehead atoms. The Morgan fingerprint density at radius 3 is 2.42 bits per heavy atom. The number of halogens is 4. The lowest BCUT2D eigenvalue weighted by Crippen LogP contribution is -2.24. The van der Waals surface area contributed by atoms with E-state index in [9.17, 15) is 22.8 Å². The Balaban J connectivity index is 1.85. The second-order valence-corrected chi connectivity index (χ2v) is 5.58. The highest BCUT2D eigenvalue weighted by molar-refractivity contribution is 6.30. The molecule has 0 spiro atoms. The number of benzene rings is 2. The van der Waals surface area contributed by atoms with Gasteiger partial charge < -0.3 is 5.32 Å².